The number of carbonyl (C=O) groups excluding carboxylic acids is 2. The van der Waals surface area contributed by atoms with E-state index in [1.54, 1.807) is 6.07 Å². The van der Waals surface area contributed by atoms with Crippen LogP contribution in [-0.4, -0.2) is 33.1 Å². The summed E-state index contributed by atoms with van der Waals surface area (Å²) in [6, 6.07) is 29.8. The Labute approximate surface area is 214 Å². The van der Waals surface area contributed by atoms with Gasteiger partial charge in [-0.15, -0.1) is 0 Å². The zero-order valence-electron chi connectivity index (χ0n) is 20.0. The molecule has 7 heteroatoms. The monoisotopic (exact) mass is 494 g/mol. The maximum Gasteiger partial charge on any atom is 0.411 e. The van der Waals surface area contributed by atoms with E-state index in [4.69, 9.17) is 9.47 Å². The minimum Gasteiger partial charge on any atom is -0.506 e. The summed E-state index contributed by atoms with van der Waals surface area (Å²) in [6.07, 6.45) is 0.0522. The Hall–Kier alpha value is -4.65. The van der Waals surface area contributed by atoms with E-state index in [9.17, 15) is 14.7 Å². The van der Waals surface area contributed by atoms with E-state index in [0.29, 0.717) is 5.69 Å². The topological polar surface area (TPSA) is 89.0 Å². The Bertz CT molecular complexity index is 1330. The highest BCUT2D eigenvalue weighted by molar-refractivity contribution is 5.84. The first kappa shape index (κ1) is 24.1. The Morgan fingerprint density at radius 1 is 0.865 bits per heavy atom. The molecule has 3 aromatic carbocycles. The van der Waals surface area contributed by atoms with Crippen LogP contribution in [0.1, 0.15) is 34.5 Å². The summed E-state index contributed by atoms with van der Waals surface area (Å²) in [5.74, 6) is -0.534. The predicted octanol–water partition coefficient (Wildman–Crippen LogP) is 5.38. The number of morpholine rings is 1. The maximum atomic E-state index is 13.8. The Kier molecular flexibility index (Phi) is 7.12. The van der Waals surface area contributed by atoms with Crippen LogP contribution in [0, 0.1) is 0 Å². The van der Waals surface area contributed by atoms with Gasteiger partial charge in [-0.05, 0) is 28.8 Å². The number of rotatable bonds is 6. The zero-order valence-corrected chi connectivity index (χ0v) is 20.0. The van der Waals surface area contributed by atoms with E-state index in [0.717, 1.165) is 16.7 Å². The highest BCUT2D eigenvalue weighted by Crippen LogP contribution is 2.43. The van der Waals surface area contributed by atoms with Gasteiger partial charge in [0.15, 0.2) is 6.10 Å². The van der Waals surface area contributed by atoms with E-state index in [1.807, 2.05) is 91.0 Å². The molecular formula is C30H26N2O5. The van der Waals surface area contributed by atoms with Crippen LogP contribution in [0.15, 0.2) is 109 Å². The van der Waals surface area contributed by atoms with Crippen molar-refractivity contribution in [1.82, 2.24) is 9.88 Å². The van der Waals surface area contributed by atoms with Gasteiger partial charge in [-0.1, -0.05) is 91.0 Å². The molecule has 186 valence electrons. The van der Waals surface area contributed by atoms with Crippen LogP contribution >= 0.6 is 0 Å². The van der Waals surface area contributed by atoms with Gasteiger partial charge in [-0.3, -0.25) is 9.88 Å². The summed E-state index contributed by atoms with van der Waals surface area (Å²) < 4.78 is 11.8. The van der Waals surface area contributed by atoms with Crippen LogP contribution in [0.4, 0.5) is 4.79 Å². The van der Waals surface area contributed by atoms with E-state index in [-0.39, 0.29) is 18.8 Å². The lowest BCUT2D eigenvalue weighted by Crippen LogP contribution is -2.55. The second-order valence-corrected chi connectivity index (χ2v) is 8.80. The third kappa shape index (κ3) is 5.46. The van der Waals surface area contributed by atoms with Crippen molar-refractivity contribution >= 4 is 12.1 Å². The molecule has 0 aliphatic carbocycles. The van der Waals surface area contributed by atoms with E-state index in [2.05, 4.69) is 4.98 Å². The molecule has 1 aliphatic rings. The van der Waals surface area contributed by atoms with Gasteiger partial charge < -0.3 is 14.6 Å². The third-order valence-corrected chi connectivity index (χ3v) is 6.33. The van der Waals surface area contributed by atoms with Gasteiger partial charge in [0.2, 0.25) is 0 Å². The highest BCUT2D eigenvalue weighted by atomic mass is 16.6. The fourth-order valence-electron chi connectivity index (χ4n) is 4.55. The lowest BCUT2D eigenvalue weighted by molar-refractivity contribution is -0.173. The molecule has 1 N–H and O–H groups in total. The first-order chi connectivity index (χ1) is 18.1. The van der Waals surface area contributed by atoms with E-state index < -0.39 is 30.3 Å². The van der Waals surface area contributed by atoms with Crippen LogP contribution in [0.2, 0.25) is 0 Å². The molecule has 3 atom stereocenters. The average Bonchev–Trinajstić information content (AvgIpc) is 2.95. The normalized spacial score (nSPS) is 19.2. The number of hydrogen-bond donors (Lipinski definition) is 1. The summed E-state index contributed by atoms with van der Waals surface area (Å²) in [7, 11) is 0. The molecule has 1 amide bonds. The molecule has 1 saturated heterocycles. The SMILES string of the molecule is O=C1O[C@H](c2ccccc2)[C@H](c2ccccc2)N(C(=O)OCc2ccccc2)[C@H]1Cc1ccc(O)cn1. The predicted molar refractivity (Wildman–Crippen MR) is 136 cm³/mol. The molecule has 0 radical (unpaired) electrons. The summed E-state index contributed by atoms with van der Waals surface area (Å²) >= 11 is 0. The van der Waals surface area contributed by atoms with Crippen LogP contribution in [-0.2, 0) is 27.3 Å². The van der Waals surface area contributed by atoms with E-state index >= 15 is 0 Å². The van der Waals surface area contributed by atoms with Crippen molar-refractivity contribution < 1.29 is 24.2 Å². The number of esters is 1. The number of hydrogen-bond acceptors (Lipinski definition) is 6. The number of pyridine rings is 1. The first-order valence-electron chi connectivity index (χ1n) is 12.0. The Morgan fingerprint density at radius 3 is 2.11 bits per heavy atom. The number of carbonyl (C=O) groups is 2. The summed E-state index contributed by atoms with van der Waals surface area (Å²) in [5.41, 5.74) is 2.95. The highest BCUT2D eigenvalue weighted by Gasteiger charge is 2.48. The largest absolute Gasteiger partial charge is 0.506 e. The first-order valence-corrected chi connectivity index (χ1v) is 12.0. The number of cyclic esters (lactones) is 1. The van der Waals surface area contributed by atoms with Gasteiger partial charge in [0.05, 0.1) is 6.20 Å². The number of nitrogens with zero attached hydrogens (tertiary/aromatic N) is 2. The van der Waals surface area contributed by atoms with Crippen molar-refractivity contribution in [3.8, 4) is 5.75 Å². The number of aromatic hydroxyl groups is 1. The quantitative estimate of drug-likeness (QED) is 0.362. The van der Waals surface area contributed by atoms with Crippen molar-refractivity contribution in [2.45, 2.75) is 31.2 Å². The van der Waals surface area contributed by atoms with Crippen molar-refractivity contribution in [2.24, 2.45) is 0 Å². The maximum absolute atomic E-state index is 13.8. The van der Waals surface area contributed by atoms with Crippen LogP contribution in [0.5, 0.6) is 5.75 Å². The molecule has 4 aromatic rings. The molecule has 0 saturated carbocycles. The Balaban J connectivity index is 1.55. The van der Waals surface area contributed by atoms with Gasteiger partial charge in [-0.2, -0.15) is 0 Å². The van der Waals surface area contributed by atoms with Crippen LogP contribution in [0.25, 0.3) is 0 Å². The minimum absolute atomic E-state index is 0.0143. The van der Waals surface area contributed by atoms with Gasteiger partial charge in [0, 0.05) is 12.1 Å². The third-order valence-electron chi connectivity index (χ3n) is 6.33. The summed E-state index contributed by atoms with van der Waals surface area (Å²) in [6.45, 7) is 0.0624. The van der Waals surface area contributed by atoms with Crippen molar-refractivity contribution in [1.29, 1.82) is 0 Å². The molecule has 0 unspecified atom stereocenters. The standard InChI is InChI=1S/C30H26N2O5/c33-25-17-16-24(31-19-25)18-26-29(34)37-28(23-14-8-3-9-15-23)27(22-12-6-2-7-13-22)32(26)30(35)36-20-21-10-4-1-5-11-21/h1-17,19,26-28,33H,18,20H2/t26-,27-,28+/m0/s1. The zero-order chi connectivity index (χ0) is 25.6. The molecular weight excluding hydrogens is 468 g/mol. The molecule has 37 heavy (non-hydrogen) atoms. The summed E-state index contributed by atoms with van der Waals surface area (Å²) in [4.78, 5) is 32.9. The number of benzene rings is 3. The van der Waals surface area contributed by atoms with Gasteiger partial charge in [0.1, 0.15) is 24.4 Å². The average molecular weight is 495 g/mol. The van der Waals surface area contributed by atoms with Gasteiger partial charge >= 0.3 is 12.1 Å². The minimum atomic E-state index is -0.981. The number of ether oxygens (including phenoxy) is 2. The van der Waals surface area contributed by atoms with Gasteiger partial charge in [0.25, 0.3) is 0 Å². The fourth-order valence-corrected chi connectivity index (χ4v) is 4.55. The molecule has 1 aromatic heterocycles. The molecule has 5 rings (SSSR count). The molecule has 2 heterocycles. The number of amides is 1. The van der Waals surface area contributed by atoms with Crippen LogP contribution < -0.4 is 0 Å². The molecule has 0 bridgehead atoms. The van der Waals surface area contributed by atoms with Crippen molar-refractivity contribution in [2.75, 3.05) is 0 Å². The number of aromatic nitrogens is 1. The Morgan fingerprint density at radius 2 is 1.49 bits per heavy atom. The lowest BCUT2D eigenvalue weighted by Gasteiger charge is -2.44. The lowest BCUT2D eigenvalue weighted by atomic mass is 9.90. The molecule has 1 aliphatic heterocycles. The van der Waals surface area contributed by atoms with Crippen molar-refractivity contribution in [3.05, 3.63) is 132 Å². The van der Waals surface area contributed by atoms with Crippen molar-refractivity contribution in [3.63, 3.8) is 0 Å². The van der Waals surface area contributed by atoms with Crippen LogP contribution in [0.3, 0.4) is 0 Å². The van der Waals surface area contributed by atoms with E-state index in [1.165, 1.54) is 17.2 Å². The molecule has 7 nitrogen and oxygen atoms in total. The fraction of sp³-hybridized carbons (Fsp3) is 0.167. The summed E-state index contributed by atoms with van der Waals surface area (Å²) in [5, 5.41) is 9.65. The second-order valence-electron chi connectivity index (χ2n) is 8.80. The van der Waals surface area contributed by atoms with Gasteiger partial charge in [-0.25, -0.2) is 9.59 Å². The molecule has 1 fully saturated rings. The second kappa shape index (κ2) is 11.0. The molecule has 0 spiro atoms. The smallest absolute Gasteiger partial charge is 0.411 e.